The van der Waals surface area contributed by atoms with Crippen LogP contribution in [0.4, 0.5) is 0 Å². The molecule has 0 nitrogen and oxygen atoms in total. The van der Waals surface area contributed by atoms with E-state index in [2.05, 4.69) is 0 Å². The molecular weight excluding hydrogens is 66.9 g/mol. The Bertz CT molecular complexity index is 6.00. The molecule has 0 unspecified atom stereocenters. The highest BCUT2D eigenvalue weighted by atomic mass is 32.2. The van der Waals surface area contributed by atoms with Crippen molar-refractivity contribution in [3.8, 4) is 0 Å². The van der Waals surface area contributed by atoms with E-state index in [1.54, 1.807) is 11.8 Å². The van der Waals surface area contributed by atoms with Crippen molar-refractivity contribution in [2.24, 2.45) is 0 Å². The van der Waals surface area contributed by atoms with Crippen LogP contribution in [-0.2, 0) is 0 Å². The van der Waals surface area contributed by atoms with Gasteiger partial charge in [0.1, 0.15) is 0 Å². The van der Waals surface area contributed by atoms with E-state index in [-0.39, 0.29) is 8.41 Å². The van der Waals surface area contributed by atoms with Crippen LogP contribution in [0.25, 0.3) is 0 Å². The lowest BCUT2D eigenvalue weighted by Crippen LogP contribution is -1.25. The second-order valence-electron chi connectivity index (χ2n) is 0.408. The average Bonchev–Trinajstić information content (AvgIpc) is 0.918. The molecule has 0 aromatic rings. The third-order valence-electron chi connectivity index (χ3n) is 0. The van der Waals surface area contributed by atoms with Crippen LogP contribution in [0.1, 0.15) is 0 Å². The van der Waals surface area contributed by atoms with E-state index in [1.165, 1.54) is 0 Å². The van der Waals surface area contributed by atoms with Gasteiger partial charge in [0.15, 0.2) is 0 Å². The zero-order chi connectivity index (χ0) is 2.71. The molecule has 0 amide bonds. The van der Waals surface area contributed by atoms with Crippen LogP contribution in [0, 0.1) is 0 Å². The molecule has 28 valence electrons. The fourth-order valence-electron chi connectivity index (χ4n) is 0. The van der Waals surface area contributed by atoms with Gasteiger partial charge in [-0.3, -0.25) is 0 Å². The van der Waals surface area contributed by atoms with Crippen LogP contribution in [-0.4, -0.2) is 20.9 Å². The summed E-state index contributed by atoms with van der Waals surface area (Å²) in [6.45, 7) is 0. The first-order valence-electron chi connectivity index (χ1n) is 0.816. The van der Waals surface area contributed by atoms with Gasteiger partial charge in [0.25, 0.3) is 0 Å². The lowest BCUT2D eigenvalue weighted by molar-refractivity contribution is 2.37. The summed E-state index contributed by atoms with van der Waals surface area (Å²) in [7, 11) is 0. The molecule has 0 N–H and O–H groups in total. The van der Waals surface area contributed by atoms with E-state index in [0.717, 1.165) is 0 Å². The van der Waals surface area contributed by atoms with Gasteiger partial charge < -0.3 is 0 Å². The minimum atomic E-state index is 0. The van der Waals surface area contributed by atoms with E-state index in [4.69, 9.17) is 0 Å². The largest absolute Gasteiger partial charge is 0.169 e. The monoisotopic (exact) mass is 77.1 g/mol. The Labute approximate surface area is 33.5 Å². The van der Waals surface area contributed by atoms with Crippen LogP contribution in [0.2, 0.25) is 0 Å². The lowest BCUT2D eigenvalue weighted by atomic mass is 10.8. The molecule has 0 heterocycles. The maximum absolute atomic E-state index is 2.04. The molecule has 0 spiro atoms. The predicted octanol–water partition coefficient (Wildman–Crippen LogP) is -0.472. The topological polar surface area (TPSA) is 0 Å². The van der Waals surface area contributed by atoms with E-state index in [0.29, 0.717) is 0 Å². The molecule has 2 heteroatoms. The smallest absolute Gasteiger partial charge is 0.0187 e. The van der Waals surface area contributed by atoms with Crippen LogP contribution in [0.3, 0.4) is 0 Å². The molecule has 0 saturated heterocycles. The normalized spacial score (nSPS) is 4.50. The quantitative estimate of drug-likeness (QED) is 0.352. The summed E-state index contributed by atoms with van der Waals surface area (Å²) in [5.41, 5.74) is 0. The molecule has 0 aromatic carbocycles. The first kappa shape index (κ1) is 8.83. The molecular formula is C2H10BS-. The molecule has 0 rings (SSSR count). The van der Waals surface area contributed by atoms with Crippen molar-refractivity contribution in [1.29, 1.82) is 0 Å². The Hall–Kier alpha value is 0.415. The van der Waals surface area contributed by atoms with Crippen LogP contribution in [0.15, 0.2) is 0 Å². The minimum Gasteiger partial charge on any atom is -0.169 e. The highest BCUT2D eigenvalue weighted by molar-refractivity contribution is 7.97. The highest BCUT2D eigenvalue weighted by Gasteiger charge is 1.32. The van der Waals surface area contributed by atoms with Gasteiger partial charge in [-0.05, 0) is 12.5 Å². The maximum Gasteiger partial charge on any atom is -0.0187 e. The van der Waals surface area contributed by atoms with Gasteiger partial charge in [-0.15, -0.1) is 0 Å². The van der Waals surface area contributed by atoms with Crippen molar-refractivity contribution in [2.75, 3.05) is 12.5 Å². The standard InChI is InChI=1S/C2H6S.BH4/c1-3-2;/h1-2H3;1H4/q;-1. The van der Waals surface area contributed by atoms with Gasteiger partial charge in [-0.2, -0.15) is 11.8 Å². The summed E-state index contributed by atoms with van der Waals surface area (Å²) < 4.78 is 0. The zero-order valence-corrected chi connectivity index (χ0v) is 3.22. The molecule has 0 atom stereocenters. The summed E-state index contributed by atoms with van der Waals surface area (Å²) in [6.07, 6.45) is 4.08. The van der Waals surface area contributed by atoms with Gasteiger partial charge >= 0.3 is 0 Å². The molecule has 0 bridgehead atoms. The van der Waals surface area contributed by atoms with E-state index < -0.39 is 0 Å². The molecule has 0 aliphatic rings. The maximum atomic E-state index is 2.04. The van der Waals surface area contributed by atoms with Crippen molar-refractivity contribution in [3.63, 3.8) is 0 Å². The van der Waals surface area contributed by atoms with Gasteiger partial charge in [0.2, 0.25) is 0 Å². The van der Waals surface area contributed by atoms with Gasteiger partial charge in [0, 0.05) is 0 Å². The first-order chi connectivity index (χ1) is 1.41. The molecule has 4 heavy (non-hydrogen) atoms. The first-order valence-corrected chi connectivity index (χ1v) is 2.45. The predicted molar refractivity (Wildman–Crippen MR) is 30.8 cm³/mol. The molecule has 0 radical (unpaired) electrons. The Morgan fingerprint density at radius 2 is 1.25 bits per heavy atom. The summed E-state index contributed by atoms with van der Waals surface area (Å²) in [6, 6.07) is 0. The number of thioether (sulfide) groups is 1. The SMILES string of the molecule is CSC.[BH4-]. The molecule has 0 aromatic heterocycles. The van der Waals surface area contributed by atoms with Gasteiger partial charge in [0.05, 0.1) is 0 Å². The van der Waals surface area contributed by atoms with Crippen LogP contribution in [0.5, 0.6) is 0 Å². The fraction of sp³-hybridized carbons (Fsp3) is 1.00. The second-order valence-corrected chi connectivity index (χ2v) is 1.22. The molecule has 0 saturated carbocycles. The van der Waals surface area contributed by atoms with Crippen molar-refractivity contribution >= 4 is 20.2 Å². The summed E-state index contributed by atoms with van der Waals surface area (Å²) in [5.74, 6) is 0. The van der Waals surface area contributed by atoms with Crippen molar-refractivity contribution < 1.29 is 0 Å². The van der Waals surface area contributed by atoms with Crippen molar-refractivity contribution in [2.45, 2.75) is 0 Å². The summed E-state index contributed by atoms with van der Waals surface area (Å²) in [5, 5.41) is 0. The zero-order valence-electron chi connectivity index (χ0n) is 2.41. The summed E-state index contributed by atoms with van der Waals surface area (Å²) in [4.78, 5) is 0. The van der Waals surface area contributed by atoms with Gasteiger partial charge in [-0.25, -0.2) is 0 Å². The lowest BCUT2D eigenvalue weighted by Gasteiger charge is -1.51. The third-order valence-corrected chi connectivity index (χ3v) is 0. The van der Waals surface area contributed by atoms with Crippen LogP contribution < -0.4 is 0 Å². The highest BCUT2D eigenvalue weighted by Crippen LogP contribution is 1.70. The fourth-order valence-corrected chi connectivity index (χ4v) is 0. The molecule has 0 aliphatic heterocycles. The van der Waals surface area contributed by atoms with Gasteiger partial charge in [-0.1, -0.05) is 8.41 Å². The average molecular weight is 77.0 g/mol. The number of hydrogen-bond acceptors (Lipinski definition) is 1. The third kappa shape index (κ3) is 28.1. The van der Waals surface area contributed by atoms with E-state index in [1.807, 2.05) is 12.5 Å². The van der Waals surface area contributed by atoms with Crippen molar-refractivity contribution in [3.05, 3.63) is 0 Å². The Morgan fingerprint density at radius 1 is 1.25 bits per heavy atom. The Balaban J connectivity index is 0. The van der Waals surface area contributed by atoms with E-state index >= 15 is 0 Å². The molecule has 0 aliphatic carbocycles. The second kappa shape index (κ2) is 9.95. The Kier molecular flexibility index (Phi) is 22.0. The number of hydrogen-bond donors (Lipinski definition) is 0. The Morgan fingerprint density at radius 3 is 1.25 bits per heavy atom. The molecule has 0 fully saturated rings. The summed E-state index contributed by atoms with van der Waals surface area (Å²) >= 11 is 1.75. The minimum absolute atomic E-state index is 0. The van der Waals surface area contributed by atoms with Crippen LogP contribution >= 0.6 is 11.8 Å². The van der Waals surface area contributed by atoms with E-state index in [9.17, 15) is 0 Å². The number of rotatable bonds is 0. The van der Waals surface area contributed by atoms with Crippen molar-refractivity contribution in [1.82, 2.24) is 0 Å².